The fraction of sp³-hybridized carbons (Fsp3) is 0.684. The second-order valence-electron chi connectivity index (χ2n) is 7.44. The Labute approximate surface area is 145 Å². The van der Waals surface area contributed by atoms with E-state index in [-0.39, 0.29) is 5.60 Å². The Bertz CT molecular complexity index is 520. The Kier molecular flexibility index (Phi) is 5.76. The fourth-order valence-corrected chi connectivity index (χ4v) is 3.89. The third-order valence-electron chi connectivity index (χ3n) is 4.90. The Morgan fingerprint density at radius 3 is 2.79 bits per heavy atom. The molecule has 2 aliphatic rings. The average Bonchev–Trinajstić information content (AvgIpc) is 2.82. The zero-order valence-corrected chi connectivity index (χ0v) is 15.2. The minimum Gasteiger partial charge on any atom is -0.497 e. The van der Waals surface area contributed by atoms with Crippen molar-refractivity contribution in [1.82, 2.24) is 9.80 Å². The van der Waals surface area contributed by atoms with Gasteiger partial charge in [0, 0.05) is 26.2 Å². The van der Waals surface area contributed by atoms with Crippen molar-refractivity contribution in [1.29, 1.82) is 0 Å². The van der Waals surface area contributed by atoms with Gasteiger partial charge in [0.15, 0.2) is 0 Å². The molecule has 0 bridgehead atoms. The third kappa shape index (κ3) is 4.48. The van der Waals surface area contributed by atoms with Crippen LogP contribution < -0.4 is 4.74 Å². The molecule has 2 saturated heterocycles. The minimum absolute atomic E-state index is 0.135. The summed E-state index contributed by atoms with van der Waals surface area (Å²) in [6.07, 6.45) is 1.09. The van der Waals surface area contributed by atoms with Crippen molar-refractivity contribution >= 4 is 0 Å². The maximum atomic E-state index is 6.27. The van der Waals surface area contributed by atoms with Crippen molar-refractivity contribution in [2.24, 2.45) is 5.92 Å². The molecule has 1 spiro atoms. The van der Waals surface area contributed by atoms with Gasteiger partial charge in [0.05, 0.1) is 26.9 Å². The van der Waals surface area contributed by atoms with Crippen LogP contribution in [0, 0.1) is 5.92 Å². The van der Waals surface area contributed by atoms with Crippen LogP contribution >= 0.6 is 0 Å². The molecule has 0 radical (unpaired) electrons. The first-order valence-corrected chi connectivity index (χ1v) is 8.80. The SMILES string of the molecule is COc1ccc(CN2CCOC[C@]3(C[C@H](CN(C)C)CO3)C2)cc1. The van der Waals surface area contributed by atoms with Crippen LogP contribution in [0.3, 0.4) is 0 Å². The van der Waals surface area contributed by atoms with E-state index >= 15 is 0 Å². The lowest BCUT2D eigenvalue weighted by Crippen LogP contribution is -2.44. The molecule has 0 amide bonds. The predicted octanol–water partition coefficient (Wildman–Crippen LogP) is 1.86. The summed E-state index contributed by atoms with van der Waals surface area (Å²) in [5.41, 5.74) is 1.17. The molecule has 2 atom stereocenters. The van der Waals surface area contributed by atoms with Crippen LogP contribution in [0.15, 0.2) is 24.3 Å². The van der Waals surface area contributed by atoms with Crippen molar-refractivity contribution in [2.45, 2.75) is 18.6 Å². The fourth-order valence-electron chi connectivity index (χ4n) is 3.89. The van der Waals surface area contributed by atoms with Gasteiger partial charge in [0.1, 0.15) is 11.4 Å². The Hall–Kier alpha value is -1.14. The monoisotopic (exact) mass is 334 g/mol. The molecule has 1 aromatic carbocycles. The smallest absolute Gasteiger partial charge is 0.118 e. The largest absolute Gasteiger partial charge is 0.497 e. The highest BCUT2D eigenvalue weighted by Crippen LogP contribution is 2.33. The van der Waals surface area contributed by atoms with E-state index in [1.54, 1.807) is 7.11 Å². The highest BCUT2D eigenvalue weighted by molar-refractivity contribution is 5.27. The zero-order chi connectivity index (χ0) is 17.0. The first-order valence-electron chi connectivity index (χ1n) is 8.80. The van der Waals surface area contributed by atoms with E-state index in [0.29, 0.717) is 5.92 Å². The second kappa shape index (κ2) is 7.83. The van der Waals surface area contributed by atoms with E-state index in [0.717, 1.165) is 58.2 Å². The second-order valence-corrected chi connectivity index (χ2v) is 7.44. The first kappa shape index (κ1) is 17.7. The van der Waals surface area contributed by atoms with E-state index in [1.807, 2.05) is 12.1 Å². The maximum Gasteiger partial charge on any atom is 0.118 e. The minimum atomic E-state index is -0.135. The van der Waals surface area contributed by atoms with E-state index in [9.17, 15) is 0 Å². The van der Waals surface area contributed by atoms with Crippen molar-refractivity contribution < 1.29 is 14.2 Å². The standard InChI is InChI=1S/C19H30N2O3/c1-20(2)11-17-10-19(24-13-17)14-21(8-9-23-15-19)12-16-4-6-18(22-3)7-5-16/h4-7,17H,8-15H2,1-3H3/t17-,19+/m1/s1. The number of methoxy groups -OCH3 is 1. The molecule has 5 heteroatoms. The Morgan fingerprint density at radius 2 is 2.08 bits per heavy atom. The molecule has 3 rings (SSSR count). The van der Waals surface area contributed by atoms with Crippen LogP contribution in [0.1, 0.15) is 12.0 Å². The van der Waals surface area contributed by atoms with Gasteiger partial charge in [-0.25, -0.2) is 0 Å². The summed E-state index contributed by atoms with van der Waals surface area (Å²) in [5.74, 6) is 1.50. The molecular weight excluding hydrogens is 304 g/mol. The summed E-state index contributed by atoms with van der Waals surface area (Å²) < 4.78 is 17.4. The quantitative estimate of drug-likeness (QED) is 0.821. The zero-order valence-electron chi connectivity index (χ0n) is 15.2. The molecule has 2 aliphatic heterocycles. The third-order valence-corrected chi connectivity index (χ3v) is 4.90. The number of nitrogens with zero attached hydrogens (tertiary/aromatic N) is 2. The molecule has 2 heterocycles. The van der Waals surface area contributed by atoms with Gasteiger partial charge in [-0.15, -0.1) is 0 Å². The molecule has 0 N–H and O–H groups in total. The van der Waals surface area contributed by atoms with Crippen molar-refractivity contribution in [3.8, 4) is 5.75 Å². The normalized spacial score (nSPS) is 28.4. The lowest BCUT2D eigenvalue weighted by molar-refractivity contribution is -0.0563. The number of ether oxygens (including phenoxy) is 3. The highest BCUT2D eigenvalue weighted by atomic mass is 16.5. The van der Waals surface area contributed by atoms with Crippen LogP contribution in [0.4, 0.5) is 0 Å². The molecule has 0 unspecified atom stereocenters. The van der Waals surface area contributed by atoms with Crippen LogP contribution in [0.2, 0.25) is 0 Å². The summed E-state index contributed by atoms with van der Waals surface area (Å²) in [6.45, 7) is 6.25. The summed E-state index contributed by atoms with van der Waals surface area (Å²) in [7, 11) is 5.96. The van der Waals surface area contributed by atoms with Gasteiger partial charge in [-0.3, -0.25) is 4.90 Å². The van der Waals surface area contributed by atoms with Gasteiger partial charge in [0.2, 0.25) is 0 Å². The molecule has 5 nitrogen and oxygen atoms in total. The van der Waals surface area contributed by atoms with E-state index < -0.39 is 0 Å². The molecular formula is C19H30N2O3. The van der Waals surface area contributed by atoms with E-state index in [2.05, 4.69) is 36.0 Å². The van der Waals surface area contributed by atoms with Crippen molar-refractivity contribution in [3.05, 3.63) is 29.8 Å². The summed E-state index contributed by atoms with van der Waals surface area (Å²) in [5, 5.41) is 0. The van der Waals surface area contributed by atoms with Crippen molar-refractivity contribution in [2.75, 3.05) is 60.7 Å². The average molecular weight is 334 g/mol. The summed E-state index contributed by atoms with van der Waals surface area (Å²) in [6, 6.07) is 8.33. The molecule has 24 heavy (non-hydrogen) atoms. The predicted molar refractivity (Wildman–Crippen MR) is 94.4 cm³/mol. The van der Waals surface area contributed by atoms with Gasteiger partial charge < -0.3 is 19.1 Å². The molecule has 0 aliphatic carbocycles. The highest BCUT2D eigenvalue weighted by Gasteiger charge is 2.43. The first-order chi connectivity index (χ1) is 11.6. The lowest BCUT2D eigenvalue weighted by atomic mass is 9.94. The van der Waals surface area contributed by atoms with Gasteiger partial charge in [-0.05, 0) is 44.1 Å². The molecule has 0 saturated carbocycles. The maximum absolute atomic E-state index is 6.27. The van der Waals surface area contributed by atoms with Crippen LogP contribution in [-0.2, 0) is 16.0 Å². The molecule has 0 aromatic heterocycles. The van der Waals surface area contributed by atoms with Crippen molar-refractivity contribution in [3.63, 3.8) is 0 Å². The molecule has 1 aromatic rings. The van der Waals surface area contributed by atoms with Crippen LogP contribution in [0.25, 0.3) is 0 Å². The molecule has 134 valence electrons. The van der Waals surface area contributed by atoms with Crippen LogP contribution in [-0.4, -0.2) is 76.1 Å². The number of benzene rings is 1. The summed E-state index contributed by atoms with van der Waals surface area (Å²) >= 11 is 0. The Balaban J connectivity index is 1.62. The Morgan fingerprint density at radius 1 is 1.29 bits per heavy atom. The topological polar surface area (TPSA) is 34.2 Å². The van der Waals surface area contributed by atoms with Gasteiger partial charge in [-0.2, -0.15) is 0 Å². The van der Waals surface area contributed by atoms with Gasteiger partial charge in [-0.1, -0.05) is 12.1 Å². The molecule has 2 fully saturated rings. The van der Waals surface area contributed by atoms with Crippen LogP contribution in [0.5, 0.6) is 5.75 Å². The van der Waals surface area contributed by atoms with Gasteiger partial charge in [0.25, 0.3) is 0 Å². The number of hydrogen-bond donors (Lipinski definition) is 0. The summed E-state index contributed by atoms with van der Waals surface area (Å²) in [4.78, 5) is 4.71. The number of hydrogen-bond acceptors (Lipinski definition) is 5. The lowest BCUT2D eigenvalue weighted by Gasteiger charge is -2.31. The van der Waals surface area contributed by atoms with Gasteiger partial charge >= 0.3 is 0 Å². The number of rotatable bonds is 5. The van der Waals surface area contributed by atoms with E-state index in [1.165, 1.54) is 5.56 Å². The van der Waals surface area contributed by atoms with E-state index in [4.69, 9.17) is 14.2 Å².